The molecule has 0 radical (unpaired) electrons. The molecule has 2 aliphatic rings. The van der Waals surface area contributed by atoms with E-state index in [4.69, 9.17) is 0 Å². The van der Waals surface area contributed by atoms with Crippen molar-refractivity contribution in [3.8, 4) is 0 Å². The van der Waals surface area contributed by atoms with Crippen LogP contribution in [0, 0.1) is 0 Å². The number of piperidine rings is 1. The molecule has 2 heterocycles. The smallest absolute Gasteiger partial charge is 0.255 e. The summed E-state index contributed by atoms with van der Waals surface area (Å²) in [6.07, 6.45) is 2.32. The maximum absolute atomic E-state index is 12.6. The van der Waals surface area contributed by atoms with Gasteiger partial charge in [0.2, 0.25) is 5.91 Å². The van der Waals surface area contributed by atoms with Crippen molar-refractivity contribution in [2.45, 2.75) is 25.3 Å². The van der Waals surface area contributed by atoms with Crippen LogP contribution < -0.4 is 10.6 Å². The fourth-order valence-corrected chi connectivity index (χ4v) is 2.97. The molecule has 2 N–H and O–H groups in total. The molecule has 1 fully saturated rings. The van der Waals surface area contributed by atoms with Crippen LogP contribution in [-0.2, 0) is 11.2 Å². The predicted octanol–water partition coefficient (Wildman–Crippen LogP) is 1.01. The zero-order chi connectivity index (χ0) is 14.1. The minimum absolute atomic E-state index is 0.0265. The number of hydrogen-bond donors (Lipinski definition) is 2. The summed E-state index contributed by atoms with van der Waals surface area (Å²) in [4.78, 5) is 26.0. The summed E-state index contributed by atoms with van der Waals surface area (Å²) < 4.78 is 0. The molecule has 0 bridgehead atoms. The van der Waals surface area contributed by atoms with Gasteiger partial charge in [0, 0.05) is 19.1 Å². The number of benzene rings is 1. The molecular weight excluding hydrogens is 254 g/mol. The van der Waals surface area contributed by atoms with Crippen LogP contribution in [0.15, 0.2) is 18.2 Å². The molecule has 2 amide bonds. The van der Waals surface area contributed by atoms with Gasteiger partial charge >= 0.3 is 0 Å². The lowest BCUT2D eigenvalue weighted by Crippen LogP contribution is -2.44. The minimum Gasteiger partial charge on any atom is -0.338 e. The zero-order valence-corrected chi connectivity index (χ0v) is 11.6. The summed E-state index contributed by atoms with van der Waals surface area (Å²) in [5.74, 6) is -0.00672. The Kier molecular flexibility index (Phi) is 3.44. The van der Waals surface area contributed by atoms with Gasteiger partial charge in [0.15, 0.2) is 0 Å². The van der Waals surface area contributed by atoms with Crippen molar-refractivity contribution >= 4 is 17.5 Å². The number of carbonyl (C=O) groups excluding carboxylic acids is 2. The van der Waals surface area contributed by atoms with E-state index < -0.39 is 0 Å². The first-order valence-electron chi connectivity index (χ1n) is 7.07. The highest BCUT2D eigenvalue weighted by molar-refractivity contribution is 6.08. The van der Waals surface area contributed by atoms with E-state index in [0.29, 0.717) is 23.7 Å². The Balaban J connectivity index is 1.79. The SMILES string of the molecule is CNC1CCN(C(=O)c2cccc3c2NC(=O)C3)CC1. The first-order chi connectivity index (χ1) is 9.69. The Bertz CT molecular complexity index is 548. The van der Waals surface area contributed by atoms with E-state index in [1.54, 1.807) is 6.07 Å². The summed E-state index contributed by atoms with van der Waals surface area (Å²) in [5.41, 5.74) is 2.25. The second kappa shape index (κ2) is 5.25. The number of rotatable bonds is 2. The second-order valence-electron chi connectivity index (χ2n) is 5.42. The van der Waals surface area contributed by atoms with Crippen molar-refractivity contribution in [2.75, 3.05) is 25.5 Å². The van der Waals surface area contributed by atoms with Gasteiger partial charge < -0.3 is 15.5 Å². The van der Waals surface area contributed by atoms with Crippen molar-refractivity contribution in [1.82, 2.24) is 10.2 Å². The van der Waals surface area contributed by atoms with E-state index in [-0.39, 0.29) is 11.8 Å². The molecule has 5 nitrogen and oxygen atoms in total. The van der Waals surface area contributed by atoms with E-state index >= 15 is 0 Å². The lowest BCUT2D eigenvalue weighted by molar-refractivity contribution is -0.115. The fourth-order valence-electron chi connectivity index (χ4n) is 2.97. The zero-order valence-electron chi connectivity index (χ0n) is 11.6. The quantitative estimate of drug-likeness (QED) is 0.845. The number of nitrogens with one attached hydrogen (secondary N) is 2. The highest BCUT2D eigenvalue weighted by atomic mass is 16.2. The fraction of sp³-hybridized carbons (Fsp3) is 0.467. The Labute approximate surface area is 118 Å². The van der Waals surface area contributed by atoms with Gasteiger partial charge in [-0.1, -0.05) is 12.1 Å². The minimum atomic E-state index is -0.0332. The van der Waals surface area contributed by atoms with Crippen molar-refractivity contribution in [2.24, 2.45) is 0 Å². The monoisotopic (exact) mass is 273 g/mol. The average Bonchev–Trinajstić information content (AvgIpc) is 2.86. The van der Waals surface area contributed by atoms with Crippen molar-refractivity contribution < 1.29 is 9.59 Å². The summed E-state index contributed by atoms with van der Waals surface area (Å²) in [6, 6.07) is 6.06. The van der Waals surface area contributed by atoms with Gasteiger partial charge in [-0.05, 0) is 31.5 Å². The third kappa shape index (κ3) is 2.29. The lowest BCUT2D eigenvalue weighted by atomic mass is 10.0. The average molecular weight is 273 g/mol. The molecule has 106 valence electrons. The highest BCUT2D eigenvalue weighted by Gasteiger charge is 2.28. The number of fused-ring (bicyclic) bond motifs is 1. The standard InChI is InChI=1S/C15H19N3O2/c1-16-11-5-7-18(8-6-11)15(20)12-4-2-3-10-9-13(19)17-14(10)12/h2-4,11,16H,5-9H2,1H3,(H,17,19). The molecule has 0 aliphatic carbocycles. The predicted molar refractivity (Wildman–Crippen MR) is 76.8 cm³/mol. The number of anilines is 1. The van der Waals surface area contributed by atoms with E-state index in [0.717, 1.165) is 31.5 Å². The van der Waals surface area contributed by atoms with Crippen LogP contribution in [0.2, 0.25) is 0 Å². The largest absolute Gasteiger partial charge is 0.338 e. The molecule has 1 saturated heterocycles. The highest BCUT2D eigenvalue weighted by Crippen LogP contribution is 2.28. The molecule has 5 heteroatoms. The summed E-state index contributed by atoms with van der Waals surface area (Å²) in [7, 11) is 1.96. The van der Waals surface area contributed by atoms with Gasteiger partial charge in [0.05, 0.1) is 17.7 Å². The van der Waals surface area contributed by atoms with Crippen LogP contribution in [-0.4, -0.2) is 42.9 Å². The maximum Gasteiger partial charge on any atom is 0.255 e. The molecule has 1 aromatic rings. The molecule has 0 atom stereocenters. The van der Waals surface area contributed by atoms with Crippen molar-refractivity contribution in [3.63, 3.8) is 0 Å². The van der Waals surface area contributed by atoms with Crippen LogP contribution in [0.25, 0.3) is 0 Å². The molecule has 0 aromatic heterocycles. The Morgan fingerprint density at radius 1 is 1.35 bits per heavy atom. The number of carbonyl (C=O) groups is 2. The Hall–Kier alpha value is -1.88. The van der Waals surface area contributed by atoms with Crippen LogP contribution in [0.3, 0.4) is 0 Å². The van der Waals surface area contributed by atoms with Gasteiger partial charge in [0.25, 0.3) is 5.91 Å². The number of hydrogen-bond acceptors (Lipinski definition) is 3. The normalized spacial score (nSPS) is 18.9. The number of para-hydroxylation sites is 1. The number of amides is 2. The third-order valence-corrected chi connectivity index (χ3v) is 4.19. The van der Waals surface area contributed by atoms with Crippen LogP contribution in [0.5, 0.6) is 0 Å². The van der Waals surface area contributed by atoms with Crippen LogP contribution in [0.4, 0.5) is 5.69 Å². The van der Waals surface area contributed by atoms with Crippen LogP contribution >= 0.6 is 0 Å². The molecule has 3 rings (SSSR count). The van der Waals surface area contributed by atoms with Gasteiger partial charge in [-0.15, -0.1) is 0 Å². The third-order valence-electron chi connectivity index (χ3n) is 4.19. The summed E-state index contributed by atoms with van der Waals surface area (Å²) in [5, 5.41) is 6.06. The topological polar surface area (TPSA) is 61.4 Å². The number of likely N-dealkylation sites (tertiary alicyclic amines) is 1. The van der Waals surface area contributed by atoms with Gasteiger partial charge in [-0.25, -0.2) is 0 Å². The van der Waals surface area contributed by atoms with E-state index in [2.05, 4.69) is 10.6 Å². The molecule has 20 heavy (non-hydrogen) atoms. The first kappa shape index (κ1) is 13.1. The number of nitrogens with zero attached hydrogens (tertiary/aromatic N) is 1. The molecule has 0 spiro atoms. The van der Waals surface area contributed by atoms with Crippen LogP contribution in [0.1, 0.15) is 28.8 Å². The summed E-state index contributed by atoms with van der Waals surface area (Å²) in [6.45, 7) is 1.53. The Morgan fingerprint density at radius 3 is 2.80 bits per heavy atom. The molecule has 2 aliphatic heterocycles. The molecular formula is C15H19N3O2. The van der Waals surface area contributed by atoms with E-state index in [1.165, 1.54) is 0 Å². The second-order valence-corrected chi connectivity index (χ2v) is 5.42. The Morgan fingerprint density at radius 2 is 2.10 bits per heavy atom. The van der Waals surface area contributed by atoms with Gasteiger partial charge in [-0.2, -0.15) is 0 Å². The van der Waals surface area contributed by atoms with Gasteiger partial charge in [-0.3, -0.25) is 9.59 Å². The molecule has 0 saturated carbocycles. The summed E-state index contributed by atoms with van der Waals surface area (Å²) >= 11 is 0. The van der Waals surface area contributed by atoms with E-state index in [1.807, 2.05) is 24.1 Å². The van der Waals surface area contributed by atoms with Gasteiger partial charge in [0.1, 0.15) is 0 Å². The van der Waals surface area contributed by atoms with Crippen molar-refractivity contribution in [3.05, 3.63) is 29.3 Å². The maximum atomic E-state index is 12.6. The molecule has 1 aromatic carbocycles. The van der Waals surface area contributed by atoms with Crippen molar-refractivity contribution in [1.29, 1.82) is 0 Å². The molecule has 0 unspecified atom stereocenters. The van der Waals surface area contributed by atoms with E-state index in [9.17, 15) is 9.59 Å². The lowest BCUT2D eigenvalue weighted by Gasteiger charge is -2.32. The first-order valence-corrected chi connectivity index (χ1v) is 7.07.